The Labute approximate surface area is 202 Å². The first-order valence-corrected chi connectivity index (χ1v) is 9.54. The van der Waals surface area contributed by atoms with Crippen LogP contribution < -0.4 is 0 Å². The van der Waals surface area contributed by atoms with E-state index in [1.807, 2.05) is 0 Å². The van der Waals surface area contributed by atoms with E-state index in [9.17, 15) is 67.1 Å². The van der Waals surface area contributed by atoms with Gasteiger partial charge in [0, 0.05) is 0 Å². The fraction of sp³-hybridized carbons (Fsp3) is 0.286. The van der Waals surface area contributed by atoms with Crippen molar-refractivity contribution < 1.29 is 76.5 Å². The molecule has 0 saturated carbocycles. The van der Waals surface area contributed by atoms with Crippen molar-refractivity contribution in [2.24, 2.45) is 0 Å². The number of ether oxygens (including phenoxy) is 2. The second-order valence-corrected chi connectivity index (χ2v) is 7.28. The van der Waals surface area contributed by atoms with Gasteiger partial charge in [-0.2, -0.15) is 52.7 Å². The lowest BCUT2D eigenvalue weighted by molar-refractivity contribution is -0.144. The molecule has 0 unspecified atom stereocenters. The monoisotopic (exact) mass is 570 g/mol. The van der Waals surface area contributed by atoms with Crippen molar-refractivity contribution in [1.29, 1.82) is 0 Å². The Morgan fingerprint density at radius 2 is 0.711 bits per heavy atom. The first-order valence-electron chi connectivity index (χ1n) is 9.54. The summed E-state index contributed by atoms with van der Waals surface area (Å²) in [5.41, 5.74) is -9.95. The zero-order valence-corrected chi connectivity index (χ0v) is 18.0. The maximum Gasteiger partial charge on any atom is 0.416 e. The molecule has 0 aliphatic carbocycles. The molecule has 2 aromatic carbocycles. The van der Waals surface area contributed by atoms with Gasteiger partial charge < -0.3 is 9.47 Å². The Balaban J connectivity index is 2.11. The number of hydrogen-bond donors (Lipinski definition) is 0. The van der Waals surface area contributed by atoms with E-state index >= 15 is 0 Å². The minimum Gasteiger partial charge on any atom is -0.454 e. The molecule has 0 spiro atoms. The lowest BCUT2D eigenvalue weighted by Gasteiger charge is -2.14. The summed E-state index contributed by atoms with van der Waals surface area (Å²) in [4.78, 5) is 35.5. The second-order valence-electron chi connectivity index (χ2n) is 7.28. The quantitative estimate of drug-likeness (QED) is 0.300. The third-order valence-electron chi connectivity index (χ3n) is 4.38. The Kier molecular flexibility index (Phi) is 8.43. The van der Waals surface area contributed by atoms with Gasteiger partial charge in [-0.15, -0.1) is 0 Å². The largest absolute Gasteiger partial charge is 0.454 e. The van der Waals surface area contributed by atoms with Gasteiger partial charge in [0.2, 0.25) is 5.78 Å². The predicted octanol–water partition coefficient (Wildman–Crippen LogP) is 6.34. The summed E-state index contributed by atoms with van der Waals surface area (Å²) in [6, 6.07) is -0.525. The van der Waals surface area contributed by atoms with Crippen LogP contribution in [0.2, 0.25) is 0 Å². The van der Waals surface area contributed by atoms with Gasteiger partial charge in [0.1, 0.15) is 0 Å². The highest BCUT2D eigenvalue weighted by atomic mass is 19.4. The van der Waals surface area contributed by atoms with E-state index in [-0.39, 0.29) is 36.4 Å². The molecule has 5 nitrogen and oxygen atoms in total. The lowest BCUT2D eigenvalue weighted by atomic mass is 10.0. The molecular weight excluding hydrogens is 560 g/mol. The van der Waals surface area contributed by atoms with Crippen LogP contribution in [0.1, 0.15) is 43.0 Å². The Hall–Kier alpha value is -3.79. The van der Waals surface area contributed by atoms with Crippen molar-refractivity contribution in [1.82, 2.24) is 0 Å². The summed E-state index contributed by atoms with van der Waals surface area (Å²) in [7, 11) is 0. The minimum absolute atomic E-state index is 0.00789. The van der Waals surface area contributed by atoms with E-state index in [1.165, 1.54) is 0 Å². The van der Waals surface area contributed by atoms with Crippen molar-refractivity contribution in [2.75, 3.05) is 13.2 Å². The summed E-state index contributed by atoms with van der Waals surface area (Å²) in [5.74, 6) is -5.03. The number of rotatable bonds is 6. The number of ketones is 1. The molecular formula is C21H10F12O5. The van der Waals surface area contributed by atoms with Crippen LogP contribution in [0, 0.1) is 0 Å². The van der Waals surface area contributed by atoms with Gasteiger partial charge in [-0.05, 0) is 36.4 Å². The molecule has 0 atom stereocenters. The summed E-state index contributed by atoms with van der Waals surface area (Å²) < 4.78 is 163. The van der Waals surface area contributed by atoms with Crippen LogP contribution in [0.4, 0.5) is 52.7 Å². The van der Waals surface area contributed by atoms with E-state index in [2.05, 4.69) is 9.47 Å². The summed E-state index contributed by atoms with van der Waals surface area (Å²) >= 11 is 0. The average Bonchev–Trinajstić information content (AvgIpc) is 2.78. The highest BCUT2D eigenvalue weighted by Crippen LogP contribution is 2.37. The first-order chi connectivity index (χ1) is 17.1. The van der Waals surface area contributed by atoms with Crippen LogP contribution in [0.5, 0.6) is 0 Å². The smallest absolute Gasteiger partial charge is 0.416 e. The maximum absolute atomic E-state index is 12.9. The minimum atomic E-state index is -5.30. The molecule has 0 saturated heterocycles. The molecule has 0 N–H and O–H groups in total. The molecule has 17 heteroatoms. The van der Waals surface area contributed by atoms with Crippen molar-refractivity contribution >= 4 is 17.7 Å². The second kappa shape index (κ2) is 10.5. The van der Waals surface area contributed by atoms with Crippen LogP contribution >= 0.6 is 0 Å². The molecule has 0 heterocycles. The molecule has 38 heavy (non-hydrogen) atoms. The lowest BCUT2D eigenvalue weighted by Crippen LogP contribution is -2.22. The number of Topliss-reactive ketones (excluding diaryl/α,β-unsaturated/α-hetero) is 1. The molecule has 0 aliphatic rings. The molecule has 0 bridgehead atoms. The average molecular weight is 570 g/mol. The van der Waals surface area contributed by atoms with E-state index in [1.54, 1.807) is 0 Å². The Bertz CT molecular complexity index is 1070. The van der Waals surface area contributed by atoms with Crippen LogP contribution in [0.15, 0.2) is 36.4 Å². The van der Waals surface area contributed by atoms with E-state index in [0.717, 1.165) is 0 Å². The normalized spacial score (nSPS) is 12.7. The molecule has 0 radical (unpaired) electrons. The van der Waals surface area contributed by atoms with E-state index in [4.69, 9.17) is 0 Å². The molecule has 208 valence electrons. The summed E-state index contributed by atoms with van der Waals surface area (Å²) in [6.45, 7) is -2.78. The number of carbonyl (C=O) groups is 3. The van der Waals surface area contributed by atoms with Gasteiger partial charge in [-0.1, -0.05) is 0 Å². The Morgan fingerprint density at radius 1 is 0.474 bits per heavy atom. The fourth-order valence-electron chi connectivity index (χ4n) is 2.65. The maximum atomic E-state index is 12.9. The van der Waals surface area contributed by atoms with Gasteiger partial charge in [0.05, 0.1) is 33.4 Å². The van der Waals surface area contributed by atoms with Crippen LogP contribution in [-0.4, -0.2) is 30.9 Å². The number of benzene rings is 2. The standard InChI is InChI=1S/C21H10F12O5/c22-18(23,24)11-1-9(2-12(5-11)19(25,26)27)16(35)37-7-15(34)8-38-17(36)10-3-13(20(28,29)30)6-14(4-10)21(31,32)33/h1-6H,7-8H2. The number of halogens is 12. The highest BCUT2D eigenvalue weighted by molar-refractivity contribution is 5.94. The zero-order chi connectivity index (χ0) is 29.3. The molecule has 0 aliphatic heterocycles. The topological polar surface area (TPSA) is 69.7 Å². The summed E-state index contributed by atoms with van der Waals surface area (Å²) in [5, 5.41) is 0. The number of hydrogen-bond acceptors (Lipinski definition) is 5. The Morgan fingerprint density at radius 3 is 0.921 bits per heavy atom. The van der Waals surface area contributed by atoms with Crippen molar-refractivity contribution in [3.8, 4) is 0 Å². The van der Waals surface area contributed by atoms with Crippen LogP contribution in [0.25, 0.3) is 0 Å². The molecule has 0 fully saturated rings. The number of carbonyl (C=O) groups excluding carboxylic acids is 3. The summed E-state index contributed by atoms with van der Waals surface area (Å²) in [6.07, 6.45) is -21.2. The molecule has 0 amide bonds. The van der Waals surface area contributed by atoms with Gasteiger partial charge in [0.15, 0.2) is 13.2 Å². The van der Waals surface area contributed by atoms with Crippen molar-refractivity contribution in [3.05, 3.63) is 69.8 Å². The molecule has 2 aromatic rings. The van der Waals surface area contributed by atoms with Crippen molar-refractivity contribution in [2.45, 2.75) is 24.7 Å². The number of esters is 2. The van der Waals surface area contributed by atoms with Crippen LogP contribution in [-0.2, 0) is 39.0 Å². The molecule has 2 rings (SSSR count). The zero-order valence-electron chi connectivity index (χ0n) is 18.0. The van der Waals surface area contributed by atoms with Crippen molar-refractivity contribution in [3.63, 3.8) is 0 Å². The molecule has 0 aromatic heterocycles. The van der Waals surface area contributed by atoms with Crippen LogP contribution in [0.3, 0.4) is 0 Å². The SMILES string of the molecule is O=C(COC(=O)c1cc(C(F)(F)F)cc(C(F)(F)F)c1)COC(=O)c1cc(C(F)(F)F)cc(C(F)(F)F)c1. The highest BCUT2D eigenvalue weighted by Gasteiger charge is 2.39. The van der Waals surface area contributed by atoms with Gasteiger partial charge in [-0.25, -0.2) is 9.59 Å². The van der Waals surface area contributed by atoms with E-state index in [0.29, 0.717) is 0 Å². The third-order valence-corrected chi connectivity index (χ3v) is 4.38. The first kappa shape index (κ1) is 30.4. The van der Waals surface area contributed by atoms with Gasteiger partial charge in [-0.3, -0.25) is 4.79 Å². The number of alkyl halides is 12. The predicted molar refractivity (Wildman–Crippen MR) is 98.5 cm³/mol. The fourth-order valence-corrected chi connectivity index (χ4v) is 2.65. The van der Waals surface area contributed by atoms with E-state index < -0.39 is 89.0 Å². The van der Waals surface area contributed by atoms with Gasteiger partial charge in [0.25, 0.3) is 0 Å². The third kappa shape index (κ3) is 8.11. The van der Waals surface area contributed by atoms with Gasteiger partial charge >= 0.3 is 36.6 Å².